The Morgan fingerprint density at radius 1 is 1.29 bits per heavy atom. The van der Waals surface area contributed by atoms with Crippen LogP contribution in [0.5, 0.6) is 11.5 Å². The predicted molar refractivity (Wildman–Crippen MR) is 80.0 cm³/mol. The van der Waals surface area contributed by atoms with Crippen molar-refractivity contribution in [3.05, 3.63) is 17.7 Å². The van der Waals surface area contributed by atoms with Crippen molar-refractivity contribution in [1.29, 1.82) is 0 Å². The van der Waals surface area contributed by atoms with E-state index in [1.54, 1.807) is 0 Å². The van der Waals surface area contributed by atoms with Crippen LogP contribution in [-0.2, 0) is 16.6 Å². The summed E-state index contributed by atoms with van der Waals surface area (Å²) in [7, 11) is -0.593. The number of rotatable bonds is 8. The Labute approximate surface area is 125 Å². The summed E-state index contributed by atoms with van der Waals surface area (Å²) in [5.41, 5.74) is 6.26. The number of methoxy groups -OCH3 is 2. The Hall–Kier alpha value is -1.31. The monoisotopic (exact) mass is 314 g/mol. The van der Waals surface area contributed by atoms with Gasteiger partial charge in [0.05, 0.1) is 19.1 Å². The first kappa shape index (κ1) is 16.1. The van der Waals surface area contributed by atoms with Crippen LogP contribution in [0.25, 0.3) is 0 Å². The van der Waals surface area contributed by atoms with Crippen LogP contribution < -0.4 is 19.9 Å². The topological polar surface area (TPSA) is 90.7 Å². The molecular weight excluding hydrogens is 292 g/mol. The standard InChI is InChI=1S/C14H22N2O4S/c1-19-13-8-12(7-11(9-15)14(13)20-2)21(17,18)16-6-5-10-3-4-10/h7-8,10,16H,3-6,9,15H2,1-2H3. The molecule has 7 heteroatoms. The maximum absolute atomic E-state index is 12.3. The molecule has 0 aliphatic heterocycles. The molecule has 2 rings (SSSR count). The molecular formula is C14H22N2O4S. The SMILES string of the molecule is COc1cc(S(=O)(=O)NCCC2CC2)cc(CN)c1OC. The lowest BCUT2D eigenvalue weighted by Crippen LogP contribution is -2.25. The van der Waals surface area contributed by atoms with Crippen molar-refractivity contribution < 1.29 is 17.9 Å². The Balaban J connectivity index is 2.24. The van der Waals surface area contributed by atoms with Gasteiger partial charge in [-0.3, -0.25) is 0 Å². The van der Waals surface area contributed by atoms with Crippen molar-refractivity contribution >= 4 is 10.0 Å². The number of hydrogen-bond acceptors (Lipinski definition) is 5. The molecule has 0 aromatic heterocycles. The number of benzene rings is 1. The summed E-state index contributed by atoms with van der Waals surface area (Å²) in [6.45, 7) is 0.629. The van der Waals surface area contributed by atoms with Gasteiger partial charge in [-0.25, -0.2) is 13.1 Å². The average molecular weight is 314 g/mol. The van der Waals surface area contributed by atoms with Crippen LogP contribution in [0.4, 0.5) is 0 Å². The van der Waals surface area contributed by atoms with Crippen molar-refractivity contribution in [3.63, 3.8) is 0 Å². The van der Waals surface area contributed by atoms with E-state index in [-0.39, 0.29) is 11.4 Å². The van der Waals surface area contributed by atoms with Gasteiger partial charge in [0.25, 0.3) is 0 Å². The summed E-state index contributed by atoms with van der Waals surface area (Å²) in [5.74, 6) is 1.51. The molecule has 1 aromatic rings. The van der Waals surface area contributed by atoms with Crippen LogP contribution in [0.1, 0.15) is 24.8 Å². The maximum atomic E-state index is 12.3. The zero-order valence-electron chi connectivity index (χ0n) is 12.4. The van der Waals surface area contributed by atoms with E-state index in [9.17, 15) is 8.42 Å². The van der Waals surface area contributed by atoms with Gasteiger partial charge in [-0.05, 0) is 18.4 Å². The van der Waals surface area contributed by atoms with Gasteiger partial charge in [-0.1, -0.05) is 12.8 Å². The molecule has 1 aromatic carbocycles. The lowest BCUT2D eigenvalue weighted by atomic mass is 10.2. The van der Waals surface area contributed by atoms with Crippen molar-refractivity contribution in [1.82, 2.24) is 4.72 Å². The third kappa shape index (κ3) is 3.87. The third-order valence-electron chi connectivity index (χ3n) is 3.60. The predicted octanol–water partition coefficient (Wildman–Crippen LogP) is 1.24. The van der Waals surface area contributed by atoms with Crippen molar-refractivity contribution in [3.8, 4) is 11.5 Å². The normalized spacial score (nSPS) is 15.0. The fourth-order valence-electron chi connectivity index (χ4n) is 2.21. The lowest BCUT2D eigenvalue weighted by molar-refractivity contribution is 0.350. The molecule has 0 atom stereocenters. The van der Waals surface area contributed by atoms with Gasteiger partial charge >= 0.3 is 0 Å². The van der Waals surface area contributed by atoms with Crippen LogP contribution in [-0.4, -0.2) is 29.2 Å². The quantitative estimate of drug-likeness (QED) is 0.753. The van der Waals surface area contributed by atoms with E-state index in [1.165, 1.54) is 39.2 Å². The zero-order chi connectivity index (χ0) is 15.5. The largest absolute Gasteiger partial charge is 0.493 e. The summed E-state index contributed by atoms with van der Waals surface area (Å²) in [4.78, 5) is 0.149. The van der Waals surface area contributed by atoms with E-state index in [0.717, 1.165) is 6.42 Å². The number of nitrogens with two attached hydrogens (primary N) is 1. The second-order valence-corrected chi connectivity index (χ2v) is 6.92. The van der Waals surface area contributed by atoms with E-state index in [2.05, 4.69) is 4.72 Å². The minimum atomic E-state index is -3.56. The maximum Gasteiger partial charge on any atom is 0.240 e. The summed E-state index contributed by atoms with van der Waals surface area (Å²) in [5, 5.41) is 0. The van der Waals surface area contributed by atoms with E-state index < -0.39 is 10.0 Å². The van der Waals surface area contributed by atoms with E-state index >= 15 is 0 Å². The Kier molecular flexibility index (Phi) is 5.08. The van der Waals surface area contributed by atoms with E-state index in [0.29, 0.717) is 29.5 Å². The molecule has 1 aliphatic rings. The van der Waals surface area contributed by atoms with Crippen molar-refractivity contribution in [2.24, 2.45) is 11.7 Å². The Morgan fingerprint density at radius 3 is 2.52 bits per heavy atom. The Morgan fingerprint density at radius 2 is 2.00 bits per heavy atom. The highest BCUT2D eigenvalue weighted by Gasteiger charge is 2.23. The molecule has 118 valence electrons. The third-order valence-corrected chi connectivity index (χ3v) is 5.04. The molecule has 0 spiro atoms. The molecule has 0 saturated heterocycles. The number of ether oxygens (including phenoxy) is 2. The number of hydrogen-bond donors (Lipinski definition) is 2. The molecule has 1 aliphatic carbocycles. The lowest BCUT2D eigenvalue weighted by Gasteiger charge is -2.14. The summed E-state index contributed by atoms with van der Waals surface area (Å²) < 4.78 is 37.7. The molecule has 21 heavy (non-hydrogen) atoms. The molecule has 1 saturated carbocycles. The van der Waals surface area contributed by atoms with E-state index in [1.807, 2.05) is 0 Å². The average Bonchev–Trinajstić information content (AvgIpc) is 3.29. The van der Waals surface area contributed by atoms with Gasteiger partial charge in [0, 0.05) is 24.7 Å². The zero-order valence-corrected chi connectivity index (χ0v) is 13.2. The highest BCUT2D eigenvalue weighted by molar-refractivity contribution is 7.89. The van der Waals surface area contributed by atoms with Gasteiger partial charge in [0.1, 0.15) is 0 Å². The van der Waals surface area contributed by atoms with Gasteiger partial charge in [-0.2, -0.15) is 0 Å². The fraction of sp³-hybridized carbons (Fsp3) is 0.571. The Bertz CT molecular complexity index is 572. The summed E-state index contributed by atoms with van der Waals surface area (Å²) >= 11 is 0. The highest BCUT2D eigenvalue weighted by Crippen LogP contribution is 2.34. The van der Waals surface area contributed by atoms with E-state index in [4.69, 9.17) is 15.2 Å². The molecule has 0 radical (unpaired) electrons. The van der Waals surface area contributed by atoms with Gasteiger partial charge in [-0.15, -0.1) is 0 Å². The van der Waals surface area contributed by atoms with Crippen LogP contribution in [0.15, 0.2) is 17.0 Å². The number of sulfonamides is 1. The molecule has 0 bridgehead atoms. The first-order chi connectivity index (χ1) is 10.0. The van der Waals surface area contributed by atoms with Crippen LogP contribution in [0, 0.1) is 5.92 Å². The van der Waals surface area contributed by atoms with Crippen LogP contribution in [0.3, 0.4) is 0 Å². The van der Waals surface area contributed by atoms with Crippen LogP contribution >= 0.6 is 0 Å². The first-order valence-electron chi connectivity index (χ1n) is 6.96. The number of nitrogens with one attached hydrogen (secondary N) is 1. The van der Waals surface area contributed by atoms with Gasteiger partial charge < -0.3 is 15.2 Å². The molecule has 3 N–H and O–H groups in total. The molecule has 0 heterocycles. The molecule has 6 nitrogen and oxygen atoms in total. The molecule has 0 amide bonds. The molecule has 1 fully saturated rings. The minimum absolute atomic E-state index is 0.149. The highest BCUT2D eigenvalue weighted by atomic mass is 32.2. The minimum Gasteiger partial charge on any atom is -0.493 e. The van der Waals surface area contributed by atoms with Gasteiger partial charge in [0.15, 0.2) is 11.5 Å². The fourth-order valence-corrected chi connectivity index (χ4v) is 3.32. The smallest absolute Gasteiger partial charge is 0.240 e. The second kappa shape index (κ2) is 6.64. The molecule has 0 unspecified atom stereocenters. The summed E-state index contributed by atoms with van der Waals surface area (Å²) in [6, 6.07) is 2.98. The van der Waals surface area contributed by atoms with Gasteiger partial charge in [0.2, 0.25) is 10.0 Å². The van der Waals surface area contributed by atoms with Crippen LogP contribution in [0.2, 0.25) is 0 Å². The van der Waals surface area contributed by atoms with Crippen molar-refractivity contribution in [2.45, 2.75) is 30.7 Å². The first-order valence-corrected chi connectivity index (χ1v) is 8.44. The second-order valence-electron chi connectivity index (χ2n) is 5.15. The van der Waals surface area contributed by atoms with Crippen molar-refractivity contribution in [2.75, 3.05) is 20.8 Å². The summed E-state index contributed by atoms with van der Waals surface area (Å²) in [6.07, 6.45) is 3.29.